The van der Waals surface area contributed by atoms with Gasteiger partial charge in [-0.25, -0.2) is 13.2 Å². The second kappa shape index (κ2) is 10.3. The Balaban J connectivity index is 1.57. The van der Waals surface area contributed by atoms with Gasteiger partial charge in [0.25, 0.3) is 0 Å². The predicted octanol–water partition coefficient (Wildman–Crippen LogP) is 7.20. The molecule has 0 saturated carbocycles. The number of hydrogen-bond donors (Lipinski definition) is 0. The van der Waals surface area contributed by atoms with Gasteiger partial charge < -0.3 is 0 Å². The lowest BCUT2D eigenvalue weighted by molar-refractivity contribution is 0.577. The number of rotatable bonds is 9. The fraction of sp³-hybridized carbons (Fsp3) is 0.333. The van der Waals surface area contributed by atoms with Gasteiger partial charge in [0.1, 0.15) is 17.5 Å². The van der Waals surface area contributed by atoms with Crippen molar-refractivity contribution in [2.45, 2.75) is 35.5 Å². The number of hydrogen-bond acceptors (Lipinski definition) is 2. The van der Waals surface area contributed by atoms with Crippen molar-refractivity contribution in [2.75, 3.05) is 11.5 Å². The molecule has 0 atom stereocenters. The van der Waals surface area contributed by atoms with Crippen LogP contribution in [0.5, 0.6) is 0 Å². The van der Waals surface area contributed by atoms with Gasteiger partial charge in [0, 0.05) is 9.79 Å². The zero-order valence-electron chi connectivity index (χ0n) is 13.0. The summed E-state index contributed by atoms with van der Waals surface area (Å²) in [6, 6.07) is 7.90. The summed E-state index contributed by atoms with van der Waals surface area (Å²) in [6.45, 7) is 0. The average molecular weight is 391 g/mol. The molecule has 2 aromatic rings. The average Bonchev–Trinajstić information content (AvgIpc) is 2.56. The van der Waals surface area contributed by atoms with Crippen LogP contribution in [0, 0.1) is 17.5 Å². The normalized spacial score (nSPS) is 11.0. The van der Waals surface area contributed by atoms with Gasteiger partial charge in [-0.05, 0) is 60.7 Å². The minimum Gasteiger partial charge on any atom is -0.207 e. The Kier molecular flexibility index (Phi) is 8.36. The van der Waals surface area contributed by atoms with Crippen LogP contribution in [0.2, 0.25) is 5.02 Å². The van der Waals surface area contributed by atoms with Crippen LogP contribution in [0.3, 0.4) is 0 Å². The third-order valence-electron chi connectivity index (χ3n) is 3.34. The van der Waals surface area contributed by atoms with E-state index in [0.29, 0.717) is 9.92 Å². The monoisotopic (exact) mass is 390 g/mol. The molecule has 0 aliphatic rings. The summed E-state index contributed by atoms with van der Waals surface area (Å²) in [6.07, 6.45) is 4.04. The maximum Gasteiger partial charge on any atom is 0.136 e. The van der Waals surface area contributed by atoms with Gasteiger partial charge in [0.2, 0.25) is 0 Å². The number of benzene rings is 2. The van der Waals surface area contributed by atoms with Crippen LogP contribution in [0.4, 0.5) is 13.2 Å². The van der Waals surface area contributed by atoms with Gasteiger partial charge >= 0.3 is 0 Å². The lowest BCUT2D eigenvalue weighted by Gasteiger charge is -2.05. The highest BCUT2D eigenvalue weighted by Gasteiger charge is 2.05. The molecule has 0 spiro atoms. The van der Waals surface area contributed by atoms with E-state index in [1.807, 2.05) is 0 Å². The highest BCUT2D eigenvalue weighted by molar-refractivity contribution is 7.99. The van der Waals surface area contributed by atoms with Crippen molar-refractivity contribution < 1.29 is 13.2 Å². The van der Waals surface area contributed by atoms with Gasteiger partial charge in [-0.1, -0.05) is 24.4 Å². The third-order valence-corrected chi connectivity index (χ3v) is 6.04. The van der Waals surface area contributed by atoms with E-state index in [0.717, 1.165) is 54.2 Å². The molecule has 0 unspecified atom stereocenters. The molecular formula is C18H18ClF3S2. The second-order valence-electron chi connectivity index (χ2n) is 5.26. The molecule has 0 fully saturated rings. The second-order valence-corrected chi connectivity index (χ2v) is 7.94. The van der Waals surface area contributed by atoms with Gasteiger partial charge in [-0.2, -0.15) is 0 Å². The molecule has 2 rings (SSSR count). The summed E-state index contributed by atoms with van der Waals surface area (Å²) in [5.74, 6) is 0.596. The quantitative estimate of drug-likeness (QED) is 0.328. The number of thioether (sulfide) groups is 2. The number of halogens is 4. The van der Waals surface area contributed by atoms with Crippen LogP contribution >= 0.6 is 35.1 Å². The van der Waals surface area contributed by atoms with Crippen molar-refractivity contribution in [3.05, 3.63) is 58.9 Å². The fourth-order valence-corrected chi connectivity index (χ4v) is 4.32. The Morgan fingerprint density at radius 2 is 1.25 bits per heavy atom. The maximum atomic E-state index is 13.4. The summed E-state index contributed by atoms with van der Waals surface area (Å²) < 4.78 is 39.6. The first-order valence-corrected chi connectivity index (χ1v) is 10.1. The van der Waals surface area contributed by atoms with Gasteiger partial charge in [-0.15, -0.1) is 23.5 Å². The SMILES string of the molecule is Fc1ccc(F)c(SCCCCCCSc2cc(F)ccc2Cl)c1. The molecule has 24 heavy (non-hydrogen) atoms. The summed E-state index contributed by atoms with van der Waals surface area (Å²) >= 11 is 8.92. The highest BCUT2D eigenvalue weighted by Crippen LogP contribution is 2.29. The molecule has 0 bridgehead atoms. The van der Waals surface area contributed by atoms with Crippen LogP contribution in [0.1, 0.15) is 25.7 Å². The van der Waals surface area contributed by atoms with Gasteiger partial charge in [-0.3, -0.25) is 0 Å². The predicted molar refractivity (Wildman–Crippen MR) is 97.7 cm³/mol. The Bertz CT molecular complexity index is 607. The summed E-state index contributed by atoms with van der Waals surface area (Å²) in [7, 11) is 0. The molecule has 2 aromatic carbocycles. The smallest absolute Gasteiger partial charge is 0.136 e. The standard InChI is InChI=1S/C18H18ClF3S2/c19-15-7-5-13(20)11-17(15)23-9-3-1-2-4-10-24-18-12-14(21)6-8-16(18)22/h5-8,11-12H,1-4,9-10H2. The van der Waals surface area contributed by atoms with Crippen LogP contribution in [0.15, 0.2) is 46.2 Å². The Labute approximate surface area is 154 Å². The van der Waals surface area contributed by atoms with Crippen LogP contribution in [-0.2, 0) is 0 Å². The maximum absolute atomic E-state index is 13.4. The van der Waals surface area contributed by atoms with Crippen molar-refractivity contribution >= 4 is 35.1 Å². The summed E-state index contributed by atoms with van der Waals surface area (Å²) in [5, 5.41) is 0.579. The summed E-state index contributed by atoms with van der Waals surface area (Å²) in [5.41, 5.74) is 0. The topological polar surface area (TPSA) is 0 Å². The molecule has 6 heteroatoms. The third kappa shape index (κ3) is 6.61. The van der Waals surface area contributed by atoms with Crippen molar-refractivity contribution in [1.82, 2.24) is 0 Å². The van der Waals surface area contributed by atoms with Crippen molar-refractivity contribution in [3.8, 4) is 0 Å². The number of unbranched alkanes of at least 4 members (excludes halogenated alkanes) is 3. The first-order valence-electron chi connectivity index (χ1n) is 7.72. The van der Waals surface area contributed by atoms with E-state index >= 15 is 0 Å². The van der Waals surface area contributed by atoms with Gasteiger partial charge in [0.15, 0.2) is 0 Å². The molecule has 0 heterocycles. The van der Waals surface area contributed by atoms with E-state index in [4.69, 9.17) is 11.6 Å². The molecule has 0 radical (unpaired) electrons. The highest BCUT2D eigenvalue weighted by atomic mass is 35.5. The Morgan fingerprint density at radius 3 is 1.92 bits per heavy atom. The molecule has 0 aliphatic heterocycles. The first kappa shape index (κ1) is 19.5. The molecule has 0 aliphatic carbocycles. The Morgan fingerprint density at radius 1 is 0.708 bits per heavy atom. The summed E-state index contributed by atoms with van der Waals surface area (Å²) in [4.78, 5) is 1.14. The van der Waals surface area contributed by atoms with Crippen LogP contribution < -0.4 is 0 Å². The van der Waals surface area contributed by atoms with Crippen LogP contribution in [-0.4, -0.2) is 11.5 Å². The van der Waals surface area contributed by atoms with E-state index in [1.165, 1.54) is 30.0 Å². The lowest BCUT2D eigenvalue weighted by Crippen LogP contribution is -1.88. The minimum atomic E-state index is -0.410. The van der Waals surface area contributed by atoms with Crippen LogP contribution in [0.25, 0.3) is 0 Å². The largest absolute Gasteiger partial charge is 0.207 e. The van der Waals surface area contributed by atoms with E-state index in [-0.39, 0.29) is 11.6 Å². The molecule has 0 saturated heterocycles. The van der Waals surface area contributed by atoms with Crippen molar-refractivity contribution in [1.29, 1.82) is 0 Å². The first-order chi connectivity index (χ1) is 11.6. The van der Waals surface area contributed by atoms with E-state index < -0.39 is 5.82 Å². The Hall–Kier alpha value is -0.780. The van der Waals surface area contributed by atoms with E-state index in [9.17, 15) is 13.2 Å². The van der Waals surface area contributed by atoms with Crippen molar-refractivity contribution in [3.63, 3.8) is 0 Å². The molecule has 130 valence electrons. The van der Waals surface area contributed by atoms with E-state index in [1.54, 1.807) is 17.8 Å². The molecule has 0 amide bonds. The molecular weight excluding hydrogens is 373 g/mol. The molecule has 0 nitrogen and oxygen atoms in total. The zero-order valence-corrected chi connectivity index (χ0v) is 15.4. The molecule has 0 aromatic heterocycles. The van der Waals surface area contributed by atoms with Gasteiger partial charge in [0.05, 0.1) is 5.02 Å². The fourth-order valence-electron chi connectivity index (χ4n) is 2.10. The van der Waals surface area contributed by atoms with Crippen molar-refractivity contribution in [2.24, 2.45) is 0 Å². The molecule has 0 N–H and O–H groups in total. The van der Waals surface area contributed by atoms with E-state index in [2.05, 4.69) is 0 Å². The minimum absolute atomic E-state index is 0.275. The lowest BCUT2D eigenvalue weighted by atomic mass is 10.2. The zero-order chi connectivity index (χ0) is 17.4.